The SMILES string of the molecule is CNC(C)Cc1noc(-c2ccc3c(c2)COC3)n1.Cl. The Morgan fingerprint density at radius 1 is 1.30 bits per heavy atom. The Morgan fingerprint density at radius 3 is 2.90 bits per heavy atom. The van der Waals surface area contributed by atoms with E-state index in [4.69, 9.17) is 9.26 Å². The summed E-state index contributed by atoms with van der Waals surface area (Å²) in [5.74, 6) is 1.31. The molecule has 6 heteroatoms. The van der Waals surface area contributed by atoms with E-state index in [0.717, 1.165) is 17.8 Å². The molecule has 0 amide bonds. The molecule has 3 rings (SSSR count). The maximum absolute atomic E-state index is 5.40. The zero-order valence-electron chi connectivity index (χ0n) is 11.5. The second kappa shape index (κ2) is 6.35. The van der Waals surface area contributed by atoms with Crippen LogP contribution in [0.2, 0.25) is 0 Å². The van der Waals surface area contributed by atoms with Crippen LogP contribution in [0, 0.1) is 0 Å². The monoisotopic (exact) mass is 295 g/mol. The van der Waals surface area contributed by atoms with Crippen LogP contribution in [0.4, 0.5) is 0 Å². The number of halogens is 1. The van der Waals surface area contributed by atoms with Gasteiger partial charge in [0.2, 0.25) is 0 Å². The summed E-state index contributed by atoms with van der Waals surface area (Å²) in [6.07, 6.45) is 0.758. The topological polar surface area (TPSA) is 60.2 Å². The van der Waals surface area contributed by atoms with Crippen molar-refractivity contribution in [1.82, 2.24) is 15.5 Å². The Balaban J connectivity index is 0.00000147. The largest absolute Gasteiger partial charge is 0.372 e. The lowest BCUT2D eigenvalue weighted by atomic mass is 10.1. The first kappa shape index (κ1) is 15.0. The summed E-state index contributed by atoms with van der Waals surface area (Å²) < 4.78 is 10.7. The molecule has 1 atom stereocenters. The number of rotatable bonds is 4. The number of nitrogens with zero attached hydrogens (tertiary/aromatic N) is 2. The Morgan fingerprint density at radius 2 is 2.10 bits per heavy atom. The highest BCUT2D eigenvalue weighted by Gasteiger charge is 2.15. The Hall–Kier alpha value is -1.43. The van der Waals surface area contributed by atoms with Gasteiger partial charge in [-0.1, -0.05) is 11.2 Å². The van der Waals surface area contributed by atoms with Crippen LogP contribution in [0.3, 0.4) is 0 Å². The molecule has 0 saturated carbocycles. The van der Waals surface area contributed by atoms with Crippen LogP contribution < -0.4 is 5.32 Å². The van der Waals surface area contributed by atoms with Gasteiger partial charge in [-0.3, -0.25) is 0 Å². The average Bonchev–Trinajstić information content (AvgIpc) is 3.05. The van der Waals surface area contributed by atoms with Gasteiger partial charge in [0.25, 0.3) is 5.89 Å². The summed E-state index contributed by atoms with van der Waals surface area (Å²) in [6, 6.07) is 6.48. The number of hydrogen-bond acceptors (Lipinski definition) is 5. The number of likely N-dealkylation sites (N-methyl/N-ethyl adjacent to an activating group) is 1. The molecule has 0 spiro atoms. The first-order chi connectivity index (χ1) is 9.26. The van der Waals surface area contributed by atoms with Gasteiger partial charge in [0.05, 0.1) is 13.2 Å². The number of benzene rings is 1. The lowest BCUT2D eigenvalue weighted by Crippen LogP contribution is -2.24. The molecule has 0 aliphatic carbocycles. The van der Waals surface area contributed by atoms with E-state index in [2.05, 4.69) is 34.5 Å². The molecule has 20 heavy (non-hydrogen) atoms. The van der Waals surface area contributed by atoms with Crippen LogP contribution in [0.25, 0.3) is 11.5 Å². The fraction of sp³-hybridized carbons (Fsp3) is 0.429. The highest BCUT2D eigenvalue weighted by molar-refractivity contribution is 5.85. The van der Waals surface area contributed by atoms with E-state index >= 15 is 0 Å². The molecule has 1 aliphatic heterocycles. The second-order valence-corrected chi connectivity index (χ2v) is 4.89. The molecular formula is C14H18ClN3O2. The summed E-state index contributed by atoms with van der Waals surface area (Å²) in [4.78, 5) is 4.44. The average molecular weight is 296 g/mol. The summed E-state index contributed by atoms with van der Waals surface area (Å²) in [5, 5.41) is 7.17. The van der Waals surface area contributed by atoms with Crippen LogP contribution >= 0.6 is 12.4 Å². The Labute approximate surface area is 124 Å². The van der Waals surface area contributed by atoms with Gasteiger partial charge >= 0.3 is 0 Å². The van der Waals surface area contributed by atoms with Crippen molar-refractivity contribution in [1.29, 1.82) is 0 Å². The van der Waals surface area contributed by atoms with Crippen LogP contribution in [-0.2, 0) is 24.4 Å². The minimum absolute atomic E-state index is 0. The highest BCUT2D eigenvalue weighted by atomic mass is 35.5. The standard InChI is InChI=1S/C14H17N3O2.ClH/c1-9(15-2)5-13-16-14(19-17-13)10-3-4-11-7-18-8-12(11)6-10;/h3-4,6,9,15H,5,7-8H2,1-2H3;1H. The summed E-state index contributed by atoms with van der Waals surface area (Å²) in [7, 11) is 1.92. The maximum atomic E-state index is 5.40. The lowest BCUT2D eigenvalue weighted by Gasteiger charge is -2.04. The van der Waals surface area contributed by atoms with Gasteiger partial charge in [-0.05, 0) is 37.2 Å². The molecular weight excluding hydrogens is 278 g/mol. The van der Waals surface area contributed by atoms with Gasteiger partial charge in [-0.2, -0.15) is 4.98 Å². The van der Waals surface area contributed by atoms with Gasteiger partial charge in [0.1, 0.15) is 0 Å². The van der Waals surface area contributed by atoms with Crippen molar-refractivity contribution in [3.05, 3.63) is 35.2 Å². The third-order valence-electron chi connectivity index (χ3n) is 3.42. The molecule has 2 heterocycles. The Bertz CT molecular complexity index is 586. The van der Waals surface area contributed by atoms with Crippen LogP contribution in [0.5, 0.6) is 0 Å². The second-order valence-electron chi connectivity index (χ2n) is 4.89. The molecule has 1 aliphatic rings. The van der Waals surface area contributed by atoms with Crippen molar-refractivity contribution in [3.63, 3.8) is 0 Å². The molecule has 1 N–H and O–H groups in total. The van der Waals surface area contributed by atoms with E-state index in [1.807, 2.05) is 13.1 Å². The minimum Gasteiger partial charge on any atom is -0.372 e. The van der Waals surface area contributed by atoms with Crippen molar-refractivity contribution < 1.29 is 9.26 Å². The first-order valence-electron chi connectivity index (χ1n) is 6.46. The number of ether oxygens (including phenoxy) is 1. The van der Waals surface area contributed by atoms with Crippen molar-refractivity contribution in [2.45, 2.75) is 32.6 Å². The summed E-state index contributed by atoms with van der Waals surface area (Å²) in [5.41, 5.74) is 3.41. The zero-order valence-corrected chi connectivity index (χ0v) is 12.4. The van der Waals surface area contributed by atoms with Crippen molar-refractivity contribution in [3.8, 4) is 11.5 Å². The van der Waals surface area contributed by atoms with Gasteiger partial charge in [0.15, 0.2) is 5.82 Å². The number of fused-ring (bicyclic) bond motifs is 1. The summed E-state index contributed by atoms with van der Waals surface area (Å²) >= 11 is 0. The molecule has 0 saturated heterocycles. The molecule has 1 aromatic carbocycles. The van der Waals surface area contributed by atoms with E-state index in [-0.39, 0.29) is 12.4 Å². The normalized spacial score (nSPS) is 14.7. The summed E-state index contributed by atoms with van der Waals surface area (Å²) in [6.45, 7) is 3.45. The fourth-order valence-corrected chi connectivity index (χ4v) is 2.14. The van der Waals surface area contributed by atoms with Crippen molar-refractivity contribution in [2.24, 2.45) is 0 Å². The third-order valence-corrected chi connectivity index (χ3v) is 3.42. The maximum Gasteiger partial charge on any atom is 0.257 e. The quantitative estimate of drug-likeness (QED) is 0.938. The molecule has 5 nitrogen and oxygen atoms in total. The minimum atomic E-state index is 0. The first-order valence-corrected chi connectivity index (χ1v) is 6.46. The third kappa shape index (κ3) is 3.00. The predicted molar refractivity (Wildman–Crippen MR) is 77.7 cm³/mol. The molecule has 1 unspecified atom stereocenters. The molecule has 2 aromatic rings. The Kier molecular flexibility index (Phi) is 4.75. The van der Waals surface area contributed by atoms with Crippen LogP contribution in [0.1, 0.15) is 23.9 Å². The van der Waals surface area contributed by atoms with E-state index < -0.39 is 0 Å². The van der Waals surface area contributed by atoms with E-state index in [1.54, 1.807) is 0 Å². The lowest BCUT2D eigenvalue weighted by molar-refractivity contribution is 0.134. The molecule has 0 fully saturated rings. The number of nitrogens with one attached hydrogen (secondary N) is 1. The van der Waals surface area contributed by atoms with Gasteiger partial charge in [0, 0.05) is 18.0 Å². The zero-order chi connectivity index (χ0) is 13.2. The smallest absolute Gasteiger partial charge is 0.257 e. The molecule has 0 bridgehead atoms. The molecule has 0 radical (unpaired) electrons. The van der Waals surface area contributed by atoms with Crippen molar-refractivity contribution >= 4 is 12.4 Å². The van der Waals surface area contributed by atoms with E-state index in [0.29, 0.717) is 25.1 Å². The van der Waals surface area contributed by atoms with Crippen LogP contribution in [-0.4, -0.2) is 23.2 Å². The van der Waals surface area contributed by atoms with E-state index in [1.165, 1.54) is 11.1 Å². The van der Waals surface area contributed by atoms with Crippen LogP contribution in [0.15, 0.2) is 22.7 Å². The van der Waals surface area contributed by atoms with E-state index in [9.17, 15) is 0 Å². The molecule has 1 aromatic heterocycles. The van der Waals surface area contributed by atoms with Gasteiger partial charge < -0.3 is 14.6 Å². The number of aromatic nitrogens is 2. The number of hydrogen-bond donors (Lipinski definition) is 1. The van der Waals surface area contributed by atoms with Crippen molar-refractivity contribution in [2.75, 3.05) is 7.05 Å². The van der Waals surface area contributed by atoms with Gasteiger partial charge in [-0.25, -0.2) is 0 Å². The van der Waals surface area contributed by atoms with Gasteiger partial charge in [-0.15, -0.1) is 12.4 Å². The fourth-order valence-electron chi connectivity index (χ4n) is 2.14. The molecule has 108 valence electrons. The highest BCUT2D eigenvalue weighted by Crippen LogP contribution is 2.26. The predicted octanol–water partition coefficient (Wildman–Crippen LogP) is 2.34.